The van der Waals surface area contributed by atoms with Gasteiger partial charge in [-0.3, -0.25) is 4.18 Å². The minimum absolute atomic E-state index is 0. The monoisotopic (exact) mass is 347 g/mol. The molecule has 0 heterocycles. The first-order valence-corrected chi connectivity index (χ1v) is 8.51. The maximum absolute atomic E-state index is 10.8. The van der Waals surface area contributed by atoms with Gasteiger partial charge in [-0.05, 0) is 18.6 Å². The van der Waals surface area contributed by atoms with Crippen molar-refractivity contribution >= 4 is 27.5 Å². The molecule has 89 valence electrons. The summed E-state index contributed by atoms with van der Waals surface area (Å²) in [5.74, 6) is -0.155. The summed E-state index contributed by atoms with van der Waals surface area (Å²) in [6.07, 6.45) is 0.327. The Bertz CT molecular complexity index is 253. The van der Waals surface area contributed by atoms with Gasteiger partial charge in [-0.2, -0.15) is 8.42 Å². The fourth-order valence-corrected chi connectivity index (χ4v) is 2.08. The number of nitrogens with two attached hydrogens (primary N) is 1. The van der Waals surface area contributed by atoms with Crippen LogP contribution in [0.3, 0.4) is 0 Å². The average molecular weight is 347 g/mol. The second kappa shape index (κ2) is 9.79. The van der Waals surface area contributed by atoms with Gasteiger partial charge in [0.2, 0.25) is 0 Å². The van der Waals surface area contributed by atoms with Crippen LogP contribution in [0.2, 0.25) is 0 Å². The molecule has 0 aliphatic heterocycles. The van der Waals surface area contributed by atoms with E-state index in [-0.39, 0.29) is 38.6 Å². The van der Waals surface area contributed by atoms with Crippen molar-refractivity contribution in [1.29, 1.82) is 0 Å². The zero-order valence-corrected chi connectivity index (χ0v) is 14.4. The van der Waals surface area contributed by atoms with Gasteiger partial charge >= 0.3 is 0 Å². The molecule has 4 atom stereocenters. The predicted octanol–water partition coefficient (Wildman–Crippen LogP) is 0.495. The Morgan fingerprint density at radius 1 is 1.67 bits per heavy atom. The van der Waals surface area contributed by atoms with Gasteiger partial charge in [0.15, 0.2) is 0 Å². The SMILES string of the molecule is [CH2-]C(OS(C)(=O)=O)C(CN)C[N-]PP.[Y]. The van der Waals surface area contributed by atoms with E-state index in [1.54, 1.807) is 0 Å². The summed E-state index contributed by atoms with van der Waals surface area (Å²) < 4.78 is 26.3. The molecule has 0 aliphatic carbocycles. The maximum atomic E-state index is 10.8. The second-order valence-corrected chi connectivity index (χ2v) is 5.75. The summed E-state index contributed by atoms with van der Waals surface area (Å²) in [5.41, 5.74) is 5.45. The van der Waals surface area contributed by atoms with Crippen LogP contribution in [0, 0.1) is 12.8 Å². The number of hydrogen-bond acceptors (Lipinski definition) is 4. The Kier molecular flexibility index (Phi) is 12.5. The van der Waals surface area contributed by atoms with E-state index in [0.717, 1.165) is 6.26 Å². The van der Waals surface area contributed by atoms with Crippen LogP contribution >= 0.6 is 17.3 Å². The summed E-state index contributed by atoms with van der Waals surface area (Å²) in [5, 5.41) is 4.09. The summed E-state index contributed by atoms with van der Waals surface area (Å²) in [4.78, 5) is 0. The Balaban J connectivity index is 0. The van der Waals surface area contributed by atoms with E-state index < -0.39 is 16.2 Å². The topological polar surface area (TPSA) is 83.5 Å². The molecule has 0 bridgehead atoms. The molecule has 0 amide bonds. The van der Waals surface area contributed by atoms with Gasteiger partial charge in [0.25, 0.3) is 10.1 Å². The van der Waals surface area contributed by atoms with Crippen molar-refractivity contribution in [2.45, 2.75) is 6.10 Å². The van der Waals surface area contributed by atoms with Crippen LogP contribution in [0.5, 0.6) is 0 Å². The van der Waals surface area contributed by atoms with Crippen LogP contribution < -0.4 is 5.73 Å². The first-order chi connectivity index (χ1) is 6.40. The third-order valence-corrected chi connectivity index (χ3v) is 3.05. The van der Waals surface area contributed by atoms with Crippen molar-refractivity contribution in [3.63, 3.8) is 0 Å². The van der Waals surface area contributed by atoms with Crippen molar-refractivity contribution in [2.24, 2.45) is 11.7 Å². The van der Waals surface area contributed by atoms with E-state index in [2.05, 4.69) is 20.9 Å². The van der Waals surface area contributed by atoms with E-state index in [1.807, 2.05) is 0 Å². The van der Waals surface area contributed by atoms with Crippen molar-refractivity contribution in [1.82, 2.24) is 0 Å². The fourth-order valence-electron chi connectivity index (χ4n) is 0.817. The average Bonchev–Trinajstić information content (AvgIpc) is 2.02. The van der Waals surface area contributed by atoms with Crippen LogP contribution in [0.1, 0.15) is 0 Å². The van der Waals surface area contributed by atoms with Crippen LogP contribution in [-0.4, -0.2) is 33.9 Å². The predicted molar refractivity (Wildman–Crippen MR) is 63.9 cm³/mol. The van der Waals surface area contributed by atoms with Crippen LogP contribution in [0.25, 0.3) is 5.09 Å². The van der Waals surface area contributed by atoms with Gasteiger partial charge in [-0.1, -0.05) is 0 Å². The molecular weight excluding hydrogens is 331 g/mol. The molecule has 0 saturated heterocycles. The van der Waals surface area contributed by atoms with Crippen molar-refractivity contribution in [3.8, 4) is 0 Å². The van der Waals surface area contributed by atoms with Gasteiger partial charge in [-0.25, -0.2) is 8.42 Å². The Morgan fingerprint density at radius 2 is 2.20 bits per heavy atom. The van der Waals surface area contributed by atoms with Crippen molar-refractivity contribution < 1.29 is 45.3 Å². The molecule has 0 rings (SSSR count). The number of hydrogen-bond donors (Lipinski definition) is 1. The first-order valence-electron chi connectivity index (χ1n) is 3.94. The van der Waals surface area contributed by atoms with Crippen LogP contribution in [-0.2, 0) is 47.0 Å². The zero-order chi connectivity index (χ0) is 11.2. The van der Waals surface area contributed by atoms with Gasteiger partial charge in [0.1, 0.15) is 0 Å². The Hall–Kier alpha value is 1.79. The minimum Gasteiger partial charge on any atom is -0.636 e. The maximum Gasteiger partial charge on any atom is 0.262 e. The quantitative estimate of drug-likeness (QED) is 0.413. The van der Waals surface area contributed by atoms with E-state index in [4.69, 9.17) is 9.92 Å². The Morgan fingerprint density at radius 3 is 2.53 bits per heavy atom. The van der Waals surface area contributed by atoms with Gasteiger partial charge in [0.05, 0.1) is 6.26 Å². The van der Waals surface area contributed by atoms with Crippen molar-refractivity contribution in [2.75, 3.05) is 19.3 Å². The summed E-state index contributed by atoms with van der Waals surface area (Å²) in [7, 11) is -0.600. The molecule has 0 spiro atoms. The van der Waals surface area contributed by atoms with Crippen LogP contribution in [0.15, 0.2) is 0 Å². The molecular formula is C6H16N2O3P2SY-2. The standard InChI is InChI=1S/C6H16N2O3P2S.Y/c1-5(11-14(2,9)10)6(3-7)4-8-13-12;/h5-6,13H,1,3-4,7,12H2,2H3;/q-2;. The molecule has 0 saturated carbocycles. The zero-order valence-electron chi connectivity index (χ0n) is 8.59. The second-order valence-electron chi connectivity index (χ2n) is 2.80. The van der Waals surface area contributed by atoms with Gasteiger partial charge in [-0.15, -0.1) is 15.5 Å². The molecule has 0 fully saturated rings. The summed E-state index contributed by atoms with van der Waals surface area (Å²) in [6.45, 7) is 4.38. The molecule has 15 heavy (non-hydrogen) atoms. The van der Waals surface area contributed by atoms with Gasteiger partial charge in [0, 0.05) is 32.7 Å². The third-order valence-electron chi connectivity index (χ3n) is 1.54. The largest absolute Gasteiger partial charge is 0.636 e. The van der Waals surface area contributed by atoms with E-state index in [0.29, 0.717) is 21.5 Å². The molecule has 0 aromatic heterocycles. The molecule has 0 aromatic carbocycles. The van der Waals surface area contributed by atoms with Gasteiger partial charge < -0.3 is 17.7 Å². The third kappa shape index (κ3) is 10.7. The van der Waals surface area contributed by atoms with Crippen molar-refractivity contribution in [3.05, 3.63) is 12.0 Å². The number of rotatable bonds is 7. The summed E-state index contributed by atoms with van der Waals surface area (Å²) >= 11 is 0. The molecule has 2 N–H and O–H groups in total. The minimum atomic E-state index is -3.47. The Labute approximate surface area is 121 Å². The van der Waals surface area contributed by atoms with E-state index in [1.165, 1.54) is 0 Å². The molecule has 0 aliphatic rings. The summed E-state index contributed by atoms with van der Waals surface area (Å²) in [6, 6.07) is 0. The molecule has 0 aromatic rings. The van der Waals surface area contributed by atoms with E-state index >= 15 is 0 Å². The molecule has 4 unspecified atom stereocenters. The smallest absolute Gasteiger partial charge is 0.262 e. The van der Waals surface area contributed by atoms with Crippen LogP contribution in [0.4, 0.5) is 0 Å². The molecule has 9 heteroatoms. The fraction of sp³-hybridized carbons (Fsp3) is 0.833. The van der Waals surface area contributed by atoms with E-state index in [9.17, 15) is 8.42 Å². The normalized spacial score (nSPS) is 16.3. The molecule has 1 radical (unpaired) electrons. The number of nitrogens with zero attached hydrogens (tertiary/aromatic N) is 1. The molecule has 5 nitrogen and oxygen atoms in total. The first kappa shape index (κ1) is 19.1.